The van der Waals surface area contributed by atoms with Crippen LogP contribution in [0.25, 0.3) is 0 Å². The maximum Gasteiger partial charge on any atom is 0.387 e. The lowest BCUT2D eigenvalue weighted by molar-refractivity contribution is -0.0498. The number of alkyl halides is 2. The number of amides is 1. The van der Waals surface area contributed by atoms with Gasteiger partial charge in [0, 0.05) is 42.4 Å². The highest BCUT2D eigenvalue weighted by Crippen LogP contribution is 2.23. The molecule has 0 aliphatic carbocycles. The van der Waals surface area contributed by atoms with Crippen LogP contribution in [0.2, 0.25) is 0 Å². The Labute approximate surface area is 161 Å². The molecule has 7 heteroatoms. The maximum atomic E-state index is 12.5. The van der Waals surface area contributed by atoms with E-state index in [9.17, 15) is 13.6 Å². The van der Waals surface area contributed by atoms with Crippen LogP contribution < -0.4 is 10.1 Å². The van der Waals surface area contributed by atoms with E-state index in [1.54, 1.807) is 6.07 Å². The summed E-state index contributed by atoms with van der Waals surface area (Å²) in [4.78, 5) is 15.0. The van der Waals surface area contributed by atoms with Gasteiger partial charge < -0.3 is 10.1 Å². The average Bonchev–Trinajstić information content (AvgIpc) is 2.65. The Morgan fingerprint density at radius 1 is 1.22 bits per heavy atom. The quantitative estimate of drug-likeness (QED) is 0.791. The first-order valence-corrected chi connectivity index (χ1v) is 9.93. The van der Waals surface area contributed by atoms with E-state index in [4.69, 9.17) is 0 Å². The monoisotopic (exact) mass is 392 g/mol. The molecule has 0 unspecified atom stereocenters. The summed E-state index contributed by atoms with van der Waals surface area (Å²) < 4.78 is 29.1. The molecule has 1 aliphatic rings. The van der Waals surface area contributed by atoms with Crippen LogP contribution in [0.5, 0.6) is 5.75 Å². The Bertz CT molecular complexity index is 795. The molecule has 1 heterocycles. The van der Waals surface area contributed by atoms with E-state index in [0.717, 1.165) is 42.4 Å². The molecule has 2 aromatic rings. The van der Waals surface area contributed by atoms with Crippen LogP contribution >= 0.6 is 11.8 Å². The van der Waals surface area contributed by atoms with Crippen LogP contribution in [0.1, 0.15) is 21.5 Å². The second kappa shape index (κ2) is 9.19. The van der Waals surface area contributed by atoms with E-state index in [2.05, 4.69) is 21.0 Å². The molecule has 1 fully saturated rings. The number of carbonyl (C=O) groups is 1. The maximum absolute atomic E-state index is 12.5. The Morgan fingerprint density at radius 2 is 1.96 bits per heavy atom. The van der Waals surface area contributed by atoms with Crippen LogP contribution in [0.3, 0.4) is 0 Å². The number of nitrogens with one attached hydrogen (secondary N) is 1. The third kappa shape index (κ3) is 5.43. The predicted molar refractivity (Wildman–Crippen MR) is 105 cm³/mol. The summed E-state index contributed by atoms with van der Waals surface area (Å²) in [7, 11) is 0. The minimum atomic E-state index is -2.92. The first-order chi connectivity index (χ1) is 13.0. The number of halogens is 2. The molecule has 4 nitrogen and oxygen atoms in total. The minimum Gasteiger partial charge on any atom is -0.435 e. The number of nitrogens with zero attached hydrogens (tertiary/aromatic N) is 1. The Kier molecular flexibility index (Phi) is 6.68. The van der Waals surface area contributed by atoms with E-state index in [1.165, 1.54) is 23.8 Å². The van der Waals surface area contributed by atoms with Crippen LogP contribution in [0.15, 0.2) is 42.5 Å². The van der Waals surface area contributed by atoms with Crippen molar-refractivity contribution < 1.29 is 18.3 Å². The molecule has 0 aromatic heterocycles. The van der Waals surface area contributed by atoms with E-state index in [0.29, 0.717) is 0 Å². The lowest BCUT2D eigenvalue weighted by atomic mass is 10.1. The standard InChI is InChI=1S/C20H22F2N2O2S/c1-14-16(13-24-8-10-27-11-9-24)5-3-7-18(14)23-19(25)15-4-2-6-17(12-15)26-20(21)22/h2-7,12,20H,8-11,13H2,1H3,(H,23,25). The Morgan fingerprint density at radius 3 is 2.70 bits per heavy atom. The van der Waals surface area contributed by atoms with Crippen LogP contribution in [0, 0.1) is 6.92 Å². The zero-order valence-corrected chi connectivity index (χ0v) is 15.9. The van der Waals surface area contributed by atoms with Crippen molar-refractivity contribution in [3.8, 4) is 5.75 Å². The summed E-state index contributed by atoms with van der Waals surface area (Å²) >= 11 is 1.97. The lowest BCUT2D eigenvalue weighted by Gasteiger charge is -2.27. The molecule has 27 heavy (non-hydrogen) atoms. The SMILES string of the molecule is Cc1c(CN2CCSCC2)cccc1NC(=O)c1cccc(OC(F)F)c1. The number of carbonyl (C=O) groups excluding carboxylic acids is 1. The van der Waals surface area contributed by atoms with Crippen LogP contribution in [-0.2, 0) is 6.54 Å². The fraction of sp³-hybridized carbons (Fsp3) is 0.350. The fourth-order valence-electron chi connectivity index (χ4n) is 3.00. The topological polar surface area (TPSA) is 41.6 Å². The van der Waals surface area contributed by atoms with Crippen molar-refractivity contribution in [2.24, 2.45) is 0 Å². The number of hydrogen-bond donors (Lipinski definition) is 1. The summed E-state index contributed by atoms with van der Waals surface area (Å²) in [6, 6.07) is 11.6. The second-order valence-electron chi connectivity index (χ2n) is 6.34. The van der Waals surface area contributed by atoms with Gasteiger partial charge in [-0.15, -0.1) is 0 Å². The highest BCUT2D eigenvalue weighted by molar-refractivity contribution is 7.99. The zero-order valence-electron chi connectivity index (χ0n) is 15.1. The van der Waals surface area contributed by atoms with Gasteiger partial charge in [-0.3, -0.25) is 9.69 Å². The van der Waals surface area contributed by atoms with Gasteiger partial charge in [0.1, 0.15) is 5.75 Å². The second-order valence-corrected chi connectivity index (χ2v) is 7.56. The summed E-state index contributed by atoms with van der Waals surface area (Å²) in [5.74, 6) is 1.90. The molecule has 2 aromatic carbocycles. The number of thioether (sulfide) groups is 1. The smallest absolute Gasteiger partial charge is 0.387 e. The van der Waals surface area contributed by atoms with Crippen molar-refractivity contribution in [2.75, 3.05) is 29.9 Å². The number of anilines is 1. The van der Waals surface area contributed by atoms with Crippen molar-refractivity contribution >= 4 is 23.4 Å². The molecule has 1 amide bonds. The highest BCUT2D eigenvalue weighted by atomic mass is 32.2. The van der Waals surface area contributed by atoms with Gasteiger partial charge in [0.25, 0.3) is 5.91 Å². The number of ether oxygens (including phenoxy) is 1. The fourth-order valence-corrected chi connectivity index (χ4v) is 3.98. The van der Waals surface area contributed by atoms with Gasteiger partial charge in [-0.2, -0.15) is 20.5 Å². The largest absolute Gasteiger partial charge is 0.435 e. The molecule has 0 atom stereocenters. The molecular weight excluding hydrogens is 370 g/mol. The van der Waals surface area contributed by atoms with Crippen molar-refractivity contribution in [3.05, 3.63) is 59.2 Å². The third-order valence-corrected chi connectivity index (χ3v) is 5.46. The normalized spacial score (nSPS) is 15.0. The van der Waals surface area contributed by atoms with Crippen molar-refractivity contribution in [1.82, 2.24) is 4.90 Å². The molecule has 144 valence electrons. The first-order valence-electron chi connectivity index (χ1n) is 8.78. The van der Waals surface area contributed by atoms with E-state index < -0.39 is 6.61 Å². The van der Waals surface area contributed by atoms with Gasteiger partial charge in [-0.25, -0.2) is 0 Å². The number of benzene rings is 2. The summed E-state index contributed by atoms with van der Waals surface area (Å²) in [5, 5.41) is 2.88. The van der Waals surface area contributed by atoms with Gasteiger partial charge in [-0.05, 0) is 42.3 Å². The molecule has 1 saturated heterocycles. The van der Waals surface area contributed by atoms with Crippen molar-refractivity contribution in [1.29, 1.82) is 0 Å². The Balaban J connectivity index is 1.71. The van der Waals surface area contributed by atoms with E-state index in [-0.39, 0.29) is 17.2 Å². The molecule has 1 N–H and O–H groups in total. The third-order valence-electron chi connectivity index (χ3n) is 4.51. The molecule has 0 radical (unpaired) electrons. The van der Waals surface area contributed by atoms with Gasteiger partial charge in [0.2, 0.25) is 0 Å². The Hall–Kier alpha value is -2.12. The molecule has 0 spiro atoms. The summed E-state index contributed by atoms with van der Waals surface area (Å²) in [6.45, 7) is 2.05. The summed E-state index contributed by atoms with van der Waals surface area (Å²) in [5.41, 5.74) is 3.19. The van der Waals surface area contributed by atoms with Crippen LogP contribution in [-0.4, -0.2) is 42.0 Å². The zero-order chi connectivity index (χ0) is 19.2. The van der Waals surface area contributed by atoms with Crippen molar-refractivity contribution in [2.45, 2.75) is 20.1 Å². The van der Waals surface area contributed by atoms with Gasteiger partial charge in [0.05, 0.1) is 0 Å². The first kappa shape index (κ1) is 19.6. The van der Waals surface area contributed by atoms with Gasteiger partial charge in [0.15, 0.2) is 0 Å². The van der Waals surface area contributed by atoms with Crippen LogP contribution in [0.4, 0.5) is 14.5 Å². The molecule has 3 rings (SSSR count). The summed E-state index contributed by atoms with van der Waals surface area (Å²) in [6.07, 6.45) is 0. The molecule has 0 bridgehead atoms. The van der Waals surface area contributed by atoms with Gasteiger partial charge in [-0.1, -0.05) is 18.2 Å². The average molecular weight is 392 g/mol. The number of rotatable bonds is 6. The van der Waals surface area contributed by atoms with E-state index in [1.807, 2.05) is 30.8 Å². The minimum absolute atomic E-state index is 0.0360. The molecule has 1 aliphatic heterocycles. The highest BCUT2D eigenvalue weighted by Gasteiger charge is 2.15. The molecule has 0 saturated carbocycles. The molecular formula is C20H22F2N2O2S. The van der Waals surface area contributed by atoms with Crippen molar-refractivity contribution in [3.63, 3.8) is 0 Å². The van der Waals surface area contributed by atoms with E-state index >= 15 is 0 Å². The number of hydrogen-bond acceptors (Lipinski definition) is 4. The van der Waals surface area contributed by atoms with Gasteiger partial charge >= 0.3 is 6.61 Å². The lowest BCUT2D eigenvalue weighted by Crippen LogP contribution is -2.32. The predicted octanol–water partition coefficient (Wildman–Crippen LogP) is 4.40.